The van der Waals surface area contributed by atoms with Gasteiger partial charge >= 0.3 is 0 Å². The lowest BCUT2D eigenvalue weighted by atomic mass is 10.00. The third-order valence-corrected chi connectivity index (χ3v) is 6.03. The van der Waals surface area contributed by atoms with Crippen LogP contribution in [0.1, 0.15) is 50.2 Å². The van der Waals surface area contributed by atoms with E-state index in [0.29, 0.717) is 5.25 Å². The molecule has 1 N–H and O–H groups in total. The molecular formula is C18H24N2S. The van der Waals surface area contributed by atoms with E-state index in [4.69, 9.17) is 0 Å². The zero-order chi connectivity index (χ0) is 14.7. The molecule has 0 aromatic heterocycles. The van der Waals surface area contributed by atoms with Crippen molar-refractivity contribution in [3.05, 3.63) is 29.3 Å². The van der Waals surface area contributed by atoms with Crippen molar-refractivity contribution in [1.29, 1.82) is 5.26 Å². The molecule has 0 heterocycles. The number of fused-ring (bicyclic) bond motifs is 1. The summed E-state index contributed by atoms with van der Waals surface area (Å²) in [6, 6.07) is 9.52. The van der Waals surface area contributed by atoms with Gasteiger partial charge in [0.1, 0.15) is 5.54 Å². The molecule has 1 aromatic rings. The number of aryl methyl sites for hydroxylation is 2. The Morgan fingerprint density at radius 2 is 2.24 bits per heavy atom. The first-order chi connectivity index (χ1) is 10.2. The molecule has 21 heavy (non-hydrogen) atoms. The lowest BCUT2D eigenvalue weighted by molar-refractivity contribution is 0.424. The monoisotopic (exact) mass is 300 g/mol. The van der Waals surface area contributed by atoms with Gasteiger partial charge in [0, 0.05) is 10.1 Å². The minimum absolute atomic E-state index is 0.273. The third kappa shape index (κ3) is 3.27. The van der Waals surface area contributed by atoms with Gasteiger partial charge in [-0.05, 0) is 74.8 Å². The Kier molecular flexibility index (Phi) is 4.57. The molecule has 0 amide bonds. The minimum atomic E-state index is -0.273. The number of benzene rings is 1. The van der Waals surface area contributed by atoms with E-state index in [2.05, 4.69) is 36.5 Å². The molecule has 1 aromatic carbocycles. The van der Waals surface area contributed by atoms with E-state index in [1.807, 2.05) is 11.8 Å². The van der Waals surface area contributed by atoms with Crippen LogP contribution in [0, 0.1) is 11.3 Å². The van der Waals surface area contributed by atoms with Crippen molar-refractivity contribution in [2.45, 2.75) is 67.6 Å². The second-order valence-electron chi connectivity index (χ2n) is 6.39. The summed E-state index contributed by atoms with van der Waals surface area (Å²) in [7, 11) is 0. The maximum Gasteiger partial charge on any atom is 0.107 e. The summed E-state index contributed by atoms with van der Waals surface area (Å²) in [5.74, 6) is 0. The fourth-order valence-corrected chi connectivity index (χ4v) is 4.93. The Hall–Kier alpha value is -0.980. The summed E-state index contributed by atoms with van der Waals surface area (Å²) in [5, 5.41) is 13.6. The van der Waals surface area contributed by atoms with Crippen molar-refractivity contribution in [1.82, 2.24) is 5.32 Å². The van der Waals surface area contributed by atoms with Gasteiger partial charge in [-0.1, -0.05) is 13.0 Å². The van der Waals surface area contributed by atoms with Crippen molar-refractivity contribution in [3.8, 4) is 6.07 Å². The van der Waals surface area contributed by atoms with E-state index in [0.717, 1.165) is 32.2 Å². The van der Waals surface area contributed by atoms with Crippen LogP contribution in [0.4, 0.5) is 0 Å². The first kappa shape index (κ1) is 14.9. The molecule has 2 atom stereocenters. The highest BCUT2D eigenvalue weighted by Crippen LogP contribution is 2.40. The molecule has 0 bridgehead atoms. The van der Waals surface area contributed by atoms with Crippen molar-refractivity contribution < 1.29 is 0 Å². The zero-order valence-electron chi connectivity index (χ0n) is 12.8. The van der Waals surface area contributed by atoms with Gasteiger partial charge in [-0.3, -0.25) is 5.32 Å². The van der Waals surface area contributed by atoms with E-state index >= 15 is 0 Å². The highest BCUT2D eigenvalue weighted by atomic mass is 32.2. The quantitative estimate of drug-likeness (QED) is 0.890. The van der Waals surface area contributed by atoms with Crippen LogP contribution in [0.5, 0.6) is 0 Å². The van der Waals surface area contributed by atoms with Crippen LogP contribution >= 0.6 is 11.8 Å². The number of thioether (sulfide) groups is 1. The Labute approximate surface area is 132 Å². The van der Waals surface area contributed by atoms with Crippen LogP contribution in [-0.4, -0.2) is 17.3 Å². The molecule has 2 aliphatic carbocycles. The van der Waals surface area contributed by atoms with E-state index < -0.39 is 0 Å². The van der Waals surface area contributed by atoms with Gasteiger partial charge in [0.15, 0.2) is 0 Å². The zero-order valence-corrected chi connectivity index (χ0v) is 13.6. The highest BCUT2D eigenvalue weighted by Gasteiger charge is 2.39. The minimum Gasteiger partial charge on any atom is -0.299 e. The molecule has 2 unspecified atom stereocenters. The van der Waals surface area contributed by atoms with Crippen LogP contribution in [0.15, 0.2) is 23.1 Å². The van der Waals surface area contributed by atoms with Gasteiger partial charge in [-0.2, -0.15) is 5.26 Å². The number of nitrogens with zero attached hydrogens (tertiary/aromatic N) is 1. The highest BCUT2D eigenvalue weighted by molar-refractivity contribution is 8.00. The van der Waals surface area contributed by atoms with Gasteiger partial charge < -0.3 is 0 Å². The third-order valence-electron chi connectivity index (χ3n) is 4.77. The maximum absolute atomic E-state index is 9.53. The average molecular weight is 300 g/mol. The first-order valence-corrected chi connectivity index (χ1v) is 9.07. The van der Waals surface area contributed by atoms with Crippen LogP contribution in [0.25, 0.3) is 0 Å². The Morgan fingerprint density at radius 1 is 1.38 bits per heavy atom. The number of nitriles is 1. The second kappa shape index (κ2) is 6.42. The Morgan fingerprint density at radius 3 is 3.05 bits per heavy atom. The number of hydrogen-bond donors (Lipinski definition) is 1. The maximum atomic E-state index is 9.53. The molecule has 1 saturated carbocycles. The van der Waals surface area contributed by atoms with Gasteiger partial charge in [0.25, 0.3) is 0 Å². The Balaban J connectivity index is 1.63. The fraction of sp³-hybridized carbons (Fsp3) is 0.611. The van der Waals surface area contributed by atoms with Crippen LogP contribution in [0.3, 0.4) is 0 Å². The first-order valence-electron chi connectivity index (χ1n) is 8.19. The number of rotatable bonds is 5. The summed E-state index contributed by atoms with van der Waals surface area (Å²) in [4.78, 5) is 1.39. The predicted molar refractivity (Wildman–Crippen MR) is 88.6 cm³/mol. The lowest BCUT2D eigenvalue weighted by Gasteiger charge is -2.22. The Bertz CT molecular complexity index is 549. The van der Waals surface area contributed by atoms with Gasteiger partial charge in [0.2, 0.25) is 0 Å². The SMILES string of the molecule is CCCNC1(C#N)CCC(Sc2ccc3c(c2)CCC3)C1. The molecular weight excluding hydrogens is 276 g/mol. The fourth-order valence-electron chi connectivity index (χ4n) is 3.58. The summed E-state index contributed by atoms with van der Waals surface area (Å²) in [5.41, 5.74) is 2.82. The van der Waals surface area contributed by atoms with E-state index in [1.165, 1.54) is 24.2 Å². The summed E-state index contributed by atoms with van der Waals surface area (Å²) < 4.78 is 0. The molecule has 3 heteroatoms. The van der Waals surface area contributed by atoms with Gasteiger partial charge in [0.05, 0.1) is 6.07 Å². The van der Waals surface area contributed by atoms with Crippen molar-refractivity contribution in [2.75, 3.05) is 6.54 Å². The van der Waals surface area contributed by atoms with Crippen LogP contribution < -0.4 is 5.32 Å². The molecule has 2 nitrogen and oxygen atoms in total. The second-order valence-corrected chi connectivity index (χ2v) is 7.76. The summed E-state index contributed by atoms with van der Waals surface area (Å²) in [6.07, 6.45) is 8.01. The molecule has 0 aliphatic heterocycles. The lowest BCUT2D eigenvalue weighted by Crippen LogP contribution is -2.42. The molecule has 3 rings (SSSR count). The molecule has 0 spiro atoms. The number of hydrogen-bond acceptors (Lipinski definition) is 3. The molecule has 2 aliphatic rings. The van der Waals surface area contributed by atoms with Crippen molar-refractivity contribution in [3.63, 3.8) is 0 Å². The normalized spacial score (nSPS) is 27.5. The molecule has 1 fully saturated rings. The van der Waals surface area contributed by atoms with E-state index in [1.54, 1.807) is 11.1 Å². The van der Waals surface area contributed by atoms with Crippen molar-refractivity contribution >= 4 is 11.8 Å². The molecule has 0 saturated heterocycles. The standard InChI is InChI=1S/C18H24N2S/c1-2-10-20-18(13-19)9-8-17(12-18)21-16-7-6-14-4-3-5-15(14)11-16/h6-7,11,17,20H,2-5,8-10,12H2,1H3. The van der Waals surface area contributed by atoms with Gasteiger partial charge in [-0.25, -0.2) is 0 Å². The average Bonchev–Trinajstić information content (AvgIpc) is 3.12. The summed E-state index contributed by atoms with van der Waals surface area (Å²) >= 11 is 1.98. The predicted octanol–water partition coefficient (Wildman–Crippen LogP) is 4.08. The van der Waals surface area contributed by atoms with Crippen LogP contribution in [0.2, 0.25) is 0 Å². The molecule has 112 valence electrons. The topological polar surface area (TPSA) is 35.8 Å². The molecule has 0 radical (unpaired) electrons. The van der Waals surface area contributed by atoms with E-state index in [-0.39, 0.29) is 5.54 Å². The smallest absolute Gasteiger partial charge is 0.107 e. The van der Waals surface area contributed by atoms with Crippen molar-refractivity contribution in [2.24, 2.45) is 0 Å². The van der Waals surface area contributed by atoms with Crippen LogP contribution in [-0.2, 0) is 12.8 Å². The largest absolute Gasteiger partial charge is 0.299 e. The van der Waals surface area contributed by atoms with Gasteiger partial charge in [-0.15, -0.1) is 11.8 Å². The number of nitrogens with one attached hydrogen (secondary N) is 1. The summed E-state index contributed by atoms with van der Waals surface area (Å²) in [6.45, 7) is 3.10. The van der Waals surface area contributed by atoms with E-state index in [9.17, 15) is 5.26 Å².